The van der Waals surface area contributed by atoms with Crippen LogP contribution in [0.15, 0.2) is 42.7 Å². The Morgan fingerprint density at radius 1 is 1.33 bits per heavy atom. The van der Waals surface area contributed by atoms with Gasteiger partial charge in [-0.05, 0) is 36.2 Å². The van der Waals surface area contributed by atoms with Crippen molar-refractivity contribution in [1.82, 2.24) is 10.3 Å². The lowest BCUT2D eigenvalue weighted by atomic mass is 10.1. The number of aromatic nitrogens is 1. The first-order valence-corrected chi connectivity index (χ1v) is 6.67. The summed E-state index contributed by atoms with van der Waals surface area (Å²) in [4.78, 5) is 16.0. The molecule has 1 aromatic carbocycles. The standard InChI is InChI=1S/C17H17N3O/c1-13-8-16(12-19-10-13)17(21)20-11-15-5-2-4-14(9-15)6-3-7-18/h2,4-5,8-10,12H,7,11,18H2,1H3,(H,20,21). The van der Waals surface area contributed by atoms with Gasteiger partial charge in [-0.1, -0.05) is 24.0 Å². The van der Waals surface area contributed by atoms with Crippen LogP contribution in [0, 0.1) is 18.8 Å². The summed E-state index contributed by atoms with van der Waals surface area (Å²) in [5.74, 6) is 5.65. The molecule has 0 bridgehead atoms. The Labute approximate surface area is 124 Å². The molecule has 1 amide bonds. The van der Waals surface area contributed by atoms with Crippen LogP contribution in [0.25, 0.3) is 0 Å². The van der Waals surface area contributed by atoms with E-state index >= 15 is 0 Å². The topological polar surface area (TPSA) is 68.0 Å². The molecule has 2 rings (SSSR count). The number of nitrogens with zero attached hydrogens (tertiary/aromatic N) is 1. The van der Waals surface area contributed by atoms with Gasteiger partial charge in [0.15, 0.2) is 0 Å². The lowest BCUT2D eigenvalue weighted by Gasteiger charge is -2.06. The van der Waals surface area contributed by atoms with Gasteiger partial charge in [-0.25, -0.2) is 0 Å². The van der Waals surface area contributed by atoms with Crippen LogP contribution < -0.4 is 11.1 Å². The van der Waals surface area contributed by atoms with Crippen LogP contribution in [0.4, 0.5) is 0 Å². The molecule has 0 saturated heterocycles. The molecular weight excluding hydrogens is 262 g/mol. The Morgan fingerprint density at radius 3 is 2.95 bits per heavy atom. The van der Waals surface area contributed by atoms with E-state index in [4.69, 9.17) is 5.73 Å². The van der Waals surface area contributed by atoms with Gasteiger partial charge in [-0.15, -0.1) is 0 Å². The first-order valence-electron chi connectivity index (χ1n) is 6.67. The van der Waals surface area contributed by atoms with E-state index < -0.39 is 0 Å². The number of hydrogen-bond donors (Lipinski definition) is 2. The van der Waals surface area contributed by atoms with E-state index in [0.717, 1.165) is 16.7 Å². The molecule has 0 saturated carbocycles. The first kappa shape index (κ1) is 14.8. The van der Waals surface area contributed by atoms with Crippen LogP contribution in [0.5, 0.6) is 0 Å². The summed E-state index contributed by atoms with van der Waals surface area (Å²) in [6.07, 6.45) is 3.28. The molecule has 0 spiro atoms. The summed E-state index contributed by atoms with van der Waals surface area (Å²) in [7, 11) is 0. The van der Waals surface area contributed by atoms with Crippen molar-refractivity contribution < 1.29 is 4.79 Å². The third-order valence-electron chi connectivity index (χ3n) is 2.85. The molecule has 3 N–H and O–H groups in total. The predicted octanol–water partition coefficient (Wildman–Crippen LogP) is 1.63. The predicted molar refractivity (Wildman–Crippen MR) is 82.5 cm³/mol. The normalized spacial score (nSPS) is 9.62. The van der Waals surface area contributed by atoms with Gasteiger partial charge in [0.1, 0.15) is 0 Å². The molecule has 0 atom stereocenters. The average molecular weight is 279 g/mol. The zero-order chi connectivity index (χ0) is 15.1. The number of carbonyl (C=O) groups is 1. The number of benzene rings is 1. The molecule has 0 unspecified atom stereocenters. The summed E-state index contributed by atoms with van der Waals surface area (Å²) >= 11 is 0. The van der Waals surface area contributed by atoms with Crippen molar-refractivity contribution in [1.29, 1.82) is 0 Å². The largest absolute Gasteiger partial charge is 0.348 e. The van der Waals surface area contributed by atoms with Gasteiger partial charge in [0.25, 0.3) is 5.91 Å². The monoisotopic (exact) mass is 279 g/mol. The van der Waals surface area contributed by atoms with E-state index in [1.165, 1.54) is 0 Å². The zero-order valence-electron chi connectivity index (χ0n) is 11.9. The Bertz CT molecular complexity index is 698. The Morgan fingerprint density at radius 2 is 2.19 bits per heavy atom. The zero-order valence-corrected chi connectivity index (χ0v) is 11.9. The fraction of sp³-hybridized carbons (Fsp3) is 0.176. The summed E-state index contributed by atoms with van der Waals surface area (Å²) in [5, 5.41) is 2.87. The Hall–Kier alpha value is -2.64. The van der Waals surface area contributed by atoms with Crippen LogP contribution in [-0.4, -0.2) is 17.4 Å². The molecular formula is C17H17N3O. The van der Waals surface area contributed by atoms with E-state index in [9.17, 15) is 4.79 Å². The van der Waals surface area contributed by atoms with Crippen LogP contribution >= 0.6 is 0 Å². The van der Waals surface area contributed by atoms with Crippen molar-refractivity contribution in [2.45, 2.75) is 13.5 Å². The second kappa shape index (κ2) is 7.22. The second-order valence-corrected chi connectivity index (χ2v) is 4.64. The molecule has 0 fully saturated rings. The van der Waals surface area contributed by atoms with E-state index in [1.54, 1.807) is 12.4 Å². The molecule has 4 nitrogen and oxygen atoms in total. The number of nitrogens with two attached hydrogens (primary N) is 1. The van der Waals surface area contributed by atoms with Crippen molar-refractivity contribution in [3.8, 4) is 11.8 Å². The van der Waals surface area contributed by atoms with E-state index in [1.807, 2.05) is 37.3 Å². The average Bonchev–Trinajstić information content (AvgIpc) is 2.51. The van der Waals surface area contributed by atoms with Crippen LogP contribution in [0.2, 0.25) is 0 Å². The SMILES string of the molecule is Cc1cncc(C(=O)NCc2cccc(C#CCN)c2)c1. The third kappa shape index (κ3) is 4.44. The van der Waals surface area contributed by atoms with Gasteiger partial charge in [0, 0.05) is 24.5 Å². The number of aryl methyl sites for hydroxylation is 1. The van der Waals surface area contributed by atoms with E-state index in [-0.39, 0.29) is 5.91 Å². The first-order chi connectivity index (χ1) is 10.2. The van der Waals surface area contributed by atoms with Crippen LogP contribution in [0.1, 0.15) is 27.0 Å². The number of amides is 1. The van der Waals surface area contributed by atoms with Crippen LogP contribution in [-0.2, 0) is 6.54 Å². The summed E-state index contributed by atoms with van der Waals surface area (Å²) in [5.41, 5.74) is 8.76. The fourth-order valence-electron chi connectivity index (χ4n) is 1.88. The molecule has 1 heterocycles. The Kier molecular flexibility index (Phi) is 5.08. The van der Waals surface area contributed by atoms with Gasteiger partial charge >= 0.3 is 0 Å². The van der Waals surface area contributed by atoms with Gasteiger partial charge in [-0.2, -0.15) is 0 Å². The van der Waals surface area contributed by atoms with Gasteiger partial charge < -0.3 is 11.1 Å². The quantitative estimate of drug-likeness (QED) is 0.839. The number of carbonyl (C=O) groups excluding carboxylic acids is 1. The minimum Gasteiger partial charge on any atom is -0.348 e. The van der Waals surface area contributed by atoms with Gasteiger partial charge in [-0.3, -0.25) is 9.78 Å². The molecule has 0 aliphatic carbocycles. The van der Waals surface area contributed by atoms with Crippen molar-refractivity contribution in [3.05, 3.63) is 65.0 Å². The van der Waals surface area contributed by atoms with E-state index in [0.29, 0.717) is 18.7 Å². The molecule has 0 aliphatic heterocycles. The minimum atomic E-state index is -0.135. The van der Waals surface area contributed by atoms with E-state index in [2.05, 4.69) is 22.1 Å². The summed E-state index contributed by atoms with van der Waals surface area (Å²) in [6.45, 7) is 2.69. The highest BCUT2D eigenvalue weighted by molar-refractivity contribution is 5.93. The summed E-state index contributed by atoms with van der Waals surface area (Å²) < 4.78 is 0. The van der Waals surface area contributed by atoms with Crippen molar-refractivity contribution >= 4 is 5.91 Å². The van der Waals surface area contributed by atoms with Crippen molar-refractivity contribution in [2.75, 3.05) is 6.54 Å². The molecule has 106 valence electrons. The maximum Gasteiger partial charge on any atom is 0.253 e. The highest BCUT2D eigenvalue weighted by Crippen LogP contribution is 2.05. The maximum absolute atomic E-state index is 12.0. The maximum atomic E-state index is 12.0. The number of pyridine rings is 1. The number of hydrogen-bond acceptors (Lipinski definition) is 3. The lowest BCUT2D eigenvalue weighted by Crippen LogP contribution is -2.23. The number of rotatable bonds is 3. The molecule has 4 heteroatoms. The molecule has 1 aromatic heterocycles. The van der Waals surface area contributed by atoms with Crippen molar-refractivity contribution in [2.24, 2.45) is 5.73 Å². The number of nitrogens with one attached hydrogen (secondary N) is 1. The lowest BCUT2D eigenvalue weighted by molar-refractivity contribution is 0.0950. The molecule has 0 aliphatic rings. The molecule has 0 radical (unpaired) electrons. The Balaban J connectivity index is 2.01. The molecule has 2 aromatic rings. The molecule has 21 heavy (non-hydrogen) atoms. The fourth-order valence-corrected chi connectivity index (χ4v) is 1.88. The van der Waals surface area contributed by atoms with Gasteiger partial charge in [0.2, 0.25) is 0 Å². The summed E-state index contributed by atoms with van der Waals surface area (Å²) in [6, 6.07) is 9.53. The van der Waals surface area contributed by atoms with Crippen molar-refractivity contribution in [3.63, 3.8) is 0 Å². The second-order valence-electron chi connectivity index (χ2n) is 4.64. The highest BCUT2D eigenvalue weighted by Gasteiger charge is 2.05. The van der Waals surface area contributed by atoms with Gasteiger partial charge in [0.05, 0.1) is 12.1 Å². The highest BCUT2D eigenvalue weighted by atomic mass is 16.1. The third-order valence-corrected chi connectivity index (χ3v) is 2.85. The minimum absolute atomic E-state index is 0.135. The smallest absolute Gasteiger partial charge is 0.253 e. The van der Waals surface area contributed by atoms with Crippen LogP contribution in [0.3, 0.4) is 0 Å².